The number of aliphatic hydroxyl groups is 1. The number of carbonyl (C=O) groups is 2. The molecule has 174 valence electrons. The van der Waals surface area contributed by atoms with Crippen LogP contribution in [0.2, 0.25) is 0 Å². The van der Waals surface area contributed by atoms with E-state index in [-0.39, 0.29) is 22.6 Å². The van der Waals surface area contributed by atoms with Crippen molar-refractivity contribution >= 4 is 17.8 Å². The van der Waals surface area contributed by atoms with Gasteiger partial charge in [-0.25, -0.2) is 4.79 Å². The summed E-state index contributed by atoms with van der Waals surface area (Å²) in [6, 6.07) is 6.99. The van der Waals surface area contributed by atoms with Gasteiger partial charge in [-0.2, -0.15) is 0 Å². The van der Waals surface area contributed by atoms with E-state index in [0.717, 1.165) is 39.3 Å². The molecule has 4 N–H and O–H groups in total. The van der Waals surface area contributed by atoms with Gasteiger partial charge in [-0.05, 0) is 62.0 Å². The maximum atomic E-state index is 12.1. The lowest BCUT2D eigenvalue weighted by Gasteiger charge is -2.47. The van der Waals surface area contributed by atoms with Crippen LogP contribution in [0, 0.1) is 5.41 Å². The Hall–Kier alpha value is -3.11. The molecule has 0 radical (unpaired) electrons. The standard InChI is InChI=1S/C20H25N3O5.C2H4O2/c1-27-15-4-2-13(3-5-15)17-16(19(25)26)18(22-28-17)23-11-14(24)10-20(12-23)6-8-21-9-7-20;1-2(3)4/h2-5,14,21,24H,6-12H2,1H3,(H,25,26);1H3,(H,3,4). The van der Waals surface area contributed by atoms with Crippen molar-refractivity contribution in [3.63, 3.8) is 0 Å². The van der Waals surface area contributed by atoms with E-state index in [4.69, 9.17) is 19.2 Å². The highest BCUT2D eigenvalue weighted by molar-refractivity contribution is 5.99. The number of ether oxygens (including phenoxy) is 1. The van der Waals surface area contributed by atoms with Gasteiger partial charge in [0.05, 0.1) is 13.2 Å². The van der Waals surface area contributed by atoms with E-state index >= 15 is 0 Å². The lowest BCUT2D eigenvalue weighted by Crippen LogP contribution is -2.53. The monoisotopic (exact) mass is 447 g/mol. The lowest BCUT2D eigenvalue weighted by molar-refractivity contribution is -0.134. The molecule has 1 atom stereocenters. The van der Waals surface area contributed by atoms with Gasteiger partial charge in [0.25, 0.3) is 5.97 Å². The average Bonchev–Trinajstić information content (AvgIpc) is 3.19. The maximum absolute atomic E-state index is 12.1. The van der Waals surface area contributed by atoms with Gasteiger partial charge < -0.3 is 34.8 Å². The predicted octanol–water partition coefficient (Wildman–Crippen LogP) is 2.08. The highest BCUT2D eigenvalue weighted by Crippen LogP contribution is 2.41. The van der Waals surface area contributed by atoms with Crippen molar-refractivity contribution in [3.8, 4) is 17.1 Å². The molecule has 0 saturated carbocycles. The molecule has 1 aromatic carbocycles. The summed E-state index contributed by atoms with van der Waals surface area (Å²) in [7, 11) is 1.57. The van der Waals surface area contributed by atoms with Crippen LogP contribution < -0.4 is 15.0 Å². The van der Waals surface area contributed by atoms with Crippen molar-refractivity contribution < 1.29 is 34.2 Å². The second-order valence-electron chi connectivity index (χ2n) is 8.25. The Labute approximate surface area is 185 Å². The Morgan fingerprint density at radius 2 is 1.84 bits per heavy atom. The number of benzene rings is 1. The summed E-state index contributed by atoms with van der Waals surface area (Å²) >= 11 is 0. The van der Waals surface area contributed by atoms with E-state index in [2.05, 4.69) is 10.5 Å². The van der Waals surface area contributed by atoms with Crippen LogP contribution in [-0.4, -0.2) is 71.8 Å². The summed E-state index contributed by atoms with van der Waals surface area (Å²) in [6.07, 6.45) is 2.12. The summed E-state index contributed by atoms with van der Waals surface area (Å²) in [5.41, 5.74) is 0.618. The SMILES string of the molecule is CC(=O)O.COc1ccc(-c2onc(N3CC(O)CC4(CCNCC4)C3)c2C(=O)O)cc1. The van der Waals surface area contributed by atoms with Crippen LogP contribution >= 0.6 is 0 Å². The quantitative estimate of drug-likeness (QED) is 0.549. The van der Waals surface area contributed by atoms with Crippen LogP contribution in [-0.2, 0) is 4.79 Å². The molecule has 0 bridgehead atoms. The molecule has 0 aliphatic carbocycles. The van der Waals surface area contributed by atoms with Gasteiger partial charge in [0, 0.05) is 25.6 Å². The normalized spacial score (nSPS) is 19.7. The molecule has 1 aromatic heterocycles. The van der Waals surface area contributed by atoms with Crippen molar-refractivity contribution in [2.24, 2.45) is 5.41 Å². The summed E-state index contributed by atoms with van der Waals surface area (Å²) in [5, 5.41) is 35.2. The summed E-state index contributed by atoms with van der Waals surface area (Å²) in [5.74, 6) is -0.756. The molecular weight excluding hydrogens is 418 g/mol. The molecule has 4 rings (SSSR count). The maximum Gasteiger partial charge on any atom is 0.343 e. The first kappa shape index (κ1) is 23.6. The molecule has 1 spiro atoms. The molecule has 32 heavy (non-hydrogen) atoms. The lowest BCUT2D eigenvalue weighted by atomic mass is 9.72. The number of nitrogens with one attached hydrogen (secondary N) is 1. The minimum Gasteiger partial charge on any atom is -0.497 e. The number of aromatic carboxylic acids is 1. The average molecular weight is 447 g/mol. The Kier molecular flexibility index (Phi) is 7.37. The number of aliphatic carboxylic acids is 1. The number of piperidine rings is 2. The van der Waals surface area contributed by atoms with Gasteiger partial charge in [0.2, 0.25) is 0 Å². The highest BCUT2D eigenvalue weighted by atomic mass is 16.5. The summed E-state index contributed by atoms with van der Waals surface area (Å²) < 4.78 is 10.6. The number of aliphatic hydroxyl groups excluding tert-OH is 1. The number of aromatic nitrogens is 1. The fraction of sp³-hybridized carbons (Fsp3) is 0.500. The van der Waals surface area contributed by atoms with Crippen molar-refractivity contribution in [1.82, 2.24) is 10.5 Å². The van der Waals surface area contributed by atoms with Gasteiger partial charge in [0.15, 0.2) is 17.1 Å². The first-order valence-corrected chi connectivity index (χ1v) is 10.5. The van der Waals surface area contributed by atoms with E-state index in [0.29, 0.717) is 24.4 Å². The Morgan fingerprint density at radius 3 is 2.41 bits per heavy atom. The van der Waals surface area contributed by atoms with E-state index in [1.807, 2.05) is 4.90 Å². The number of carboxylic acids is 2. The van der Waals surface area contributed by atoms with Crippen LogP contribution in [0.5, 0.6) is 5.75 Å². The molecule has 2 fully saturated rings. The van der Waals surface area contributed by atoms with Crippen LogP contribution in [0.1, 0.15) is 36.5 Å². The van der Waals surface area contributed by atoms with Gasteiger partial charge in [-0.1, -0.05) is 5.16 Å². The van der Waals surface area contributed by atoms with Gasteiger partial charge in [-0.3, -0.25) is 4.79 Å². The molecule has 10 heteroatoms. The second kappa shape index (κ2) is 10.0. The van der Waals surface area contributed by atoms with E-state index in [9.17, 15) is 15.0 Å². The Morgan fingerprint density at radius 1 is 1.22 bits per heavy atom. The molecule has 2 aromatic rings. The third-order valence-corrected chi connectivity index (χ3v) is 5.83. The summed E-state index contributed by atoms with van der Waals surface area (Å²) in [4.78, 5) is 22.9. The first-order valence-electron chi connectivity index (χ1n) is 10.5. The third-order valence-electron chi connectivity index (χ3n) is 5.83. The number of hydrogen-bond acceptors (Lipinski definition) is 8. The fourth-order valence-corrected chi connectivity index (χ4v) is 4.46. The van der Waals surface area contributed by atoms with Crippen molar-refractivity contribution in [1.29, 1.82) is 0 Å². The Bertz CT molecular complexity index is 932. The number of anilines is 1. The Balaban J connectivity index is 0.000000668. The van der Waals surface area contributed by atoms with Gasteiger partial charge >= 0.3 is 5.97 Å². The van der Waals surface area contributed by atoms with Gasteiger partial charge in [0.1, 0.15) is 5.75 Å². The van der Waals surface area contributed by atoms with Crippen LogP contribution in [0.3, 0.4) is 0 Å². The predicted molar refractivity (Wildman–Crippen MR) is 116 cm³/mol. The van der Waals surface area contributed by atoms with Crippen molar-refractivity contribution in [3.05, 3.63) is 29.8 Å². The van der Waals surface area contributed by atoms with Crippen LogP contribution in [0.4, 0.5) is 5.82 Å². The minimum atomic E-state index is -1.10. The second-order valence-corrected chi connectivity index (χ2v) is 8.25. The molecule has 2 aliphatic heterocycles. The zero-order chi connectivity index (χ0) is 23.3. The third kappa shape index (κ3) is 5.38. The molecule has 10 nitrogen and oxygen atoms in total. The number of nitrogens with zero attached hydrogens (tertiary/aromatic N) is 2. The van der Waals surface area contributed by atoms with Gasteiger partial charge in [-0.15, -0.1) is 0 Å². The van der Waals surface area contributed by atoms with Crippen molar-refractivity contribution in [2.75, 3.05) is 38.2 Å². The number of hydrogen-bond donors (Lipinski definition) is 4. The largest absolute Gasteiger partial charge is 0.497 e. The van der Waals surface area contributed by atoms with Crippen LogP contribution in [0.25, 0.3) is 11.3 Å². The number of methoxy groups -OCH3 is 1. The number of β-amino-alcohol motifs (C(OH)–C–C–N with tert-alkyl or cyclic N) is 1. The van der Waals surface area contributed by atoms with E-state index in [1.54, 1.807) is 31.4 Å². The molecule has 0 amide bonds. The number of rotatable bonds is 4. The number of carboxylic acid groups (broad SMARTS) is 2. The highest BCUT2D eigenvalue weighted by Gasteiger charge is 2.42. The molecule has 3 heterocycles. The molecule has 1 unspecified atom stereocenters. The molecular formula is C22H29N3O7. The zero-order valence-corrected chi connectivity index (χ0v) is 18.2. The topological polar surface area (TPSA) is 145 Å². The first-order chi connectivity index (χ1) is 15.2. The van der Waals surface area contributed by atoms with Crippen molar-refractivity contribution in [2.45, 2.75) is 32.3 Å². The van der Waals surface area contributed by atoms with E-state index < -0.39 is 18.0 Å². The minimum absolute atomic E-state index is 0.0298. The summed E-state index contributed by atoms with van der Waals surface area (Å²) in [6.45, 7) is 3.91. The smallest absolute Gasteiger partial charge is 0.343 e. The van der Waals surface area contributed by atoms with E-state index in [1.165, 1.54) is 0 Å². The molecule has 2 aliphatic rings. The fourth-order valence-electron chi connectivity index (χ4n) is 4.46. The zero-order valence-electron chi connectivity index (χ0n) is 18.2. The van der Waals surface area contributed by atoms with Crippen LogP contribution in [0.15, 0.2) is 28.8 Å². The molecule has 2 saturated heterocycles.